The number of fused-ring (bicyclic) bond motifs is 1. The van der Waals surface area contributed by atoms with Crippen LogP contribution in [0.4, 0.5) is 0 Å². The maximum absolute atomic E-state index is 3.88. The van der Waals surface area contributed by atoms with E-state index in [2.05, 4.69) is 55.8 Å². The minimum atomic E-state index is 0.452. The van der Waals surface area contributed by atoms with Crippen molar-refractivity contribution in [2.45, 2.75) is 51.8 Å². The summed E-state index contributed by atoms with van der Waals surface area (Å²) < 4.78 is 0. The first-order valence-electron chi connectivity index (χ1n) is 6.13. The minimum Gasteiger partial charge on any atom is -0.0838 e. The van der Waals surface area contributed by atoms with E-state index in [9.17, 15) is 0 Å². The van der Waals surface area contributed by atoms with Crippen LogP contribution in [0.25, 0.3) is 0 Å². The van der Waals surface area contributed by atoms with Gasteiger partial charge in [-0.05, 0) is 55.2 Å². The maximum atomic E-state index is 3.88. The summed E-state index contributed by atoms with van der Waals surface area (Å²) in [6, 6.07) is 4.68. The Morgan fingerprint density at radius 3 is 2.62 bits per heavy atom. The molecule has 1 aliphatic carbocycles. The van der Waals surface area contributed by atoms with E-state index in [-0.39, 0.29) is 0 Å². The first-order chi connectivity index (χ1) is 7.39. The fourth-order valence-corrected chi connectivity index (χ4v) is 4.10. The molecule has 0 spiro atoms. The monoisotopic (exact) mass is 280 g/mol. The summed E-state index contributed by atoms with van der Waals surface area (Å²) >= 11 is 3.88. The molecule has 0 saturated heterocycles. The summed E-state index contributed by atoms with van der Waals surface area (Å²) in [4.78, 5) is 0.526. The lowest BCUT2D eigenvalue weighted by Crippen LogP contribution is -2.11. The van der Waals surface area contributed by atoms with Gasteiger partial charge in [-0.3, -0.25) is 0 Å². The summed E-state index contributed by atoms with van der Waals surface area (Å²) in [5.74, 6) is 0. The van der Waals surface area contributed by atoms with Gasteiger partial charge in [0.2, 0.25) is 0 Å². The topological polar surface area (TPSA) is 0 Å². The minimum absolute atomic E-state index is 0.452. The standard InChI is InChI=1S/C15H21Br/c1-10-7-11(2)12-5-6-15(3,4)9-14(16)13(12)8-10/h7-8,14H,5-6,9H2,1-4H3. The van der Waals surface area contributed by atoms with Crippen LogP contribution in [0, 0.1) is 19.3 Å². The zero-order valence-electron chi connectivity index (χ0n) is 10.7. The Balaban J connectivity index is 2.49. The van der Waals surface area contributed by atoms with Gasteiger partial charge in [-0.1, -0.05) is 47.5 Å². The van der Waals surface area contributed by atoms with Crippen molar-refractivity contribution >= 4 is 15.9 Å². The van der Waals surface area contributed by atoms with Gasteiger partial charge in [-0.25, -0.2) is 0 Å². The molecule has 16 heavy (non-hydrogen) atoms. The smallest absolute Gasteiger partial charge is 0.0403 e. The Hall–Kier alpha value is -0.300. The Morgan fingerprint density at radius 1 is 1.25 bits per heavy atom. The van der Waals surface area contributed by atoms with Gasteiger partial charge < -0.3 is 0 Å². The van der Waals surface area contributed by atoms with E-state index in [0.717, 1.165) is 0 Å². The molecule has 0 aliphatic heterocycles. The summed E-state index contributed by atoms with van der Waals surface area (Å²) in [7, 11) is 0. The second-order valence-electron chi connectivity index (χ2n) is 5.99. The Kier molecular flexibility index (Phi) is 3.18. The van der Waals surface area contributed by atoms with E-state index in [1.807, 2.05) is 0 Å². The highest BCUT2D eigenvalue weighted by atomic mass is 79.9. The number of aryl methyl sites for hydroxylation is 2. The summed E-state index contributed by atoms with van der Waals surface area (Å²) in [5.41, 5.74) is 6.42. The molecular weight excluding hydrogens is 260 g/mol. The molecule has 1 aliphatic rings. The highest BCUT2D eigenvalue weighted by molar-refractivity contribution is 9.09. The molecule has 1 unspecified atom stereocenters. The van der Waals surface area contributed by atoms with Crippen molar-refractivity contribution in [1.29, 1.82) is 0 Å². The van der Waals surface area contributed by atoms with E-state index in [1.165, 1.54) is 36.0 Å². The molecule has 88 valence electrons. The molecule has 1 atom stereocenters. The number of rotatable bonds is 0. The summed E-state index contributed by atoms with van der Waals surface area (Å²) in [6.07, 6.45) is 3.77. The van der Waals surface area contributed by atoms with Crippen LogP contribution in [0.15, 0.2) is 12.1 Å². The van der Waals surface area contributed by atoms with Crippen LogP contribution in [-0.4, -0.2) is 0 Å². The van der Waals surface area contributed by atoms with Crippen molar-refractivity contribution in [3.05, 3.63) is 34.4 Å². The molecule has 0 aromatic heterocycles. The van der Waals surface area contributed by atoms with Gasteiger partial charge in [0.1, 0.15) is 0 Å². The van der Waals surface area contributed by atoms with Gasteiger partial charge in [0.15, 0.2) is 0 Å². The lowest BCUT2D eigenvalue weighted by molar-refractivity contribution is 0.316. The Morgan fingerprint density at radius 2 is 1.94 bits per heavy atom. The predicted molar refractivity (Wildman–Crippen MR) is 74.3 cm³/mol. The highest BCUT2D eigenvalue weighted by Gasteiger charge is 2.28. The fourth-order valence-electron chi connectivity index (χ4n) is 2.81. The zero-order valence-corrected chi connectivity index (χ0v) is 12.3. The molecule has 2 rings (SSSR count). The number of alkyl halides is 1. The van der Waals surface area contributed by atoms with Gasteiger partial charge >= 0.3 is 0 Å². The predicted octanol–water partition coefficient (Wildman–Crippen LogP) is 5.10. The van der Waals surface area contributed by atoms with E-state index < -0.39 is 0 Å². The van der Waals surface area contributed by atoms with E-state index in [0.29, 0.717) is 10.2 Å². The van der Waals surface area contributed by atoms with Gasteiger partial charge in [0.05, 0.1) is 0 Å². The fraction of sp³-hybridized carbons (Fsp3) is 0.600. The van der Waals surface area contributed by atoms with Crippen LogP contribution < -0.4 is 0 Å². The van der Waals surface area contributed by atoms with E-state index in [1.54, 1.807) is 5.56 Å². The number of benzene rings is 1. The molecule has 0 amide bonds. The largest absolute Gasteiger partial charge is 0.0838 e. The molecule has 0 fully saturated rings. The van der Waals surface area contributed by atoms with Crippen LogP contribution in [0.2, 0.25) is 0 Å². The molecule has 0 heterocycles. The number of halogens is 1. The average Bonchev–Trinajstić information content (AvgIpc) is 2.23. The summed E-state index contributed by atoms with van der Waals surface area (Å²) in [5, 5.41) is 0. The molecule has 0 radical (unpaired) electrons. The third-order valence-corrected chi connectivity index (χ3v) is 4.59. The molecule has 0 N–H and O–H groups in total. The zero-order chi connectivity index (χ0) is 11.9. The van der Waals surface area contributed by atoms with Crippen molar-refractivity contribution < 1.29 is 0 Å². The van der Waals surface area contributed by atoms with Crippen LogP contribution in [-0.2, 0) is 6.42 Å². The Bertz CT molecular complexity index is 404. The second-order valence-corrected chi connectivity index (χ2v) is 7.09. The van der Waals surface area contributed by atoms with Crippen LogP contribution in [0.3, 0.4) is 0 Å². The molecule has 0 nitrogen and oxygen atoms in total. The number of hydrogen-bond acceptors (Lipinski definition) is 0. The maximum Gasteiger partial charge on any atom is 0.0403 e. The first-order valence-corrected chi connectivity index (χ1v) is 7.05. The van der Waals surface area contributed by atoms with Gasteiger partial charge in [-0.2, -0.15) is 0 Å². The number of hydrogen-bond donors (Lipinski definition) is 0. The molecule has 1 aromatic rings. The van der Waals surface area contributed by atoms with Crippen molar-refractivity contribution in [1.82, 2.24) is 0 Å². The third-order valence-electron chi connectivity index (χ3n) is 3.77. The molecule has 1 aromatic carbocycles. The van der Waals surface area contributed by atoms with Gasteiger partial charge in [0, 0.05) is 4.83 Å². The van der Waals surface area contributed by atoms with Crippen LogP contribution in [0.1, 0.15) is 53.8 Å². The molecule has 0 bridgehead atoms. The Labute approximate surface area is 108 Å². The van der Waals surface area contributed by atoms with Gasteiger partial charge in [-0.15, -0.1) is 0 Å². The normalized spacial score (nSPS) is 23.7. The SMILES string of the molecule is Cc1cc(C)c2c(c1)C(Br)CC(C)(C)CC2. The molecule has 0 saturated carbocycles. The van der Waals surface area contributed by atoms with Gasteiger partial charge in [0.25, 0.3) is 0 Å². The lowest BCUT2D eigenvalue weighted by Gasteiger charge is -2.23. The average molecular weight is 281 g/mol. The third kappa shape index (κ3) is 2.34. The second kappa shape index (κ2) is 4.18. The van der Waals surface area contributed by atoms with Crippen LogP contribution >= 0.6 is 15.9 Å². The molecule has 1 heteroatoms. The van der Waals surface area contributed by atoms with Crippen molar-refractivity contribution in [3.63, 3.8) is 0 Å². The van der Waals surface area contributed by atoms with Crippen molar-refractivity contribution in [2.24, 2.45) is 5.41 Å². The lowest BCUT2D eigenvalue weighted by atomic mass is 9.84. The summed E-state index contributed by atoms with van der Waals surface area (Å²) in [6.45, 7) is 9.22. The first kappa shape index (κ1) is 12.2. The highest BCUT2D eigenvalue weighted by Crippen LogP contribution is 2.44. The van der Waals surface area contributed by atoms with E-state index in [4.69, 9.17) is 0 Å². The molecular formula is C15H21Br. The van der Waals surface area contributed by atoms with Crippen molar-refractivity contribution in [2.75, 3.05) is 0 Å². The van der Waals surface area contributed by atoms with Crippen LogP contribution in [0.5, 0.6) is 0 Å². The quantitative estimate of drug-likeness (QED) is 0.458. The van der Waals surface area contributed by atoms with E-state index >= 15 is 0 Å². The van der Waals surface area contributed by atoms with Crippen molar-refractivity contribution in [3.8, 4) is 0 Å².